The lowest BCUT2D eigenvalue weighted by Gasteiger charge is -2.28. The highest BCUT2D eigenvalue weighted by molar-refractivity contribution is 5.19. The normalized spacial score (nSPS) is 27.6. The molecule has 0 unspecified atom stereocenters. The molecule has 0 radical (unpaired) electrons. The molecular formula is C12H18N2. The lowest BCUT2D eigenvalue weighted by Crippen LogP contribution is -2.31. The van der Waals surface area contributed by atoms with Gasteiger partial charge in [0.15, 0.2) is 0 Å². The van der Waals surface area contributed by atoms with Gasteiger partial charge in [-0.2, -0.15) is 0 Å². The van der Waals surface area contributed by atoms with Gasteiger partial charge in [-0.3, -0.25) is 4.98 Å². The van der Waals surface area contributed by atoms with Crippen LogP contribution in [-0.2, 0) is 0 Å². The molecule has 2 nitrogen and oxygen atoms in total. The minimum Gasteiger partial charge on any atom is -0.310 e. The van der Waals surface area contributed by atoms with E-state index in [0.29, 0.717) is 6.04 Å². The first-order chi connectivity index (χ1) is 6.75. The highest BCUT2D eigenvalue weighted by atomic mass is 14.9. The fraction of sp³-hybridized carbons (Fsp3) is 0.583. The van der Waals surface area contributed by atoms with Crippen LogP contribution in [0.2, 0.25) is 0 Å². The summed E-state index contributed by atoms with van der Waals surface area (Å²) in [6.07, 6.45) is 4.49. The zero-order chi connectivity index (χ0) is 9.97. The average molecular weight is 190 g/mol. The largest absolute Gasteiger partial charge is 0.310 e. The van der Waals surface area contributed by atoms with Gasteiger partial charge >= 0.3 is 0 Å². The van der Waals surface area contributed by atoms with E-state index in [0.717, 1.165) is 18.2 Å². The quantitative estimate of drug-likeness (QED) is 0.735. The van der Waals surface area contributed by atoms with E-state index in [1.165, 1.54) is 18.4 Å². The third-order valence-corrected chi connectivity index (χ3v) is 2.98. The van der Waals surface area contributed by atoms with E-state index >= 15 is 0 Å². The summed E-state index contributed by atoms with van der Waals surface area (Å²) in [6, 6.07) is 4.86. The van der Waals surface area contributed by atoms with Gasteiger partial charge in [-0.25, -0.2) is 0 Å². The second-order valence-corrected chi connectivity index (χ2v) is 4.37. The molecule has 0 aromatic carbocycles. The number of pyridine rings is 1. The summed E-state index contributed by atoms with van der Waals surface area (Å²) in [6.45, 7) is 5.50. The second kappa shape index (κ2) is 4.09. The number of nitrogens with zero attached hydrogens (tertiary/aromatic N) is 1. The summed E-state index contributed by atoms with van der Waals surface area (Å²) in [7, 11) is 0. The molecule has 1 aliphatic heterocycles. The topological polar surface area (TPSA) is 24.9 Å². The Labute approximate surface area is 85.7 Å². The molecule has 0 amide bonds. The number of hydrogen-bond donors (Lipinski definition) is 1. The molecule has 0 aliphatic carbocycles. The Balaban J connectivity index is 2.08. The zero-order valence-corrected chi connectivity index (χ0v) is 8.96. The molecule has 1 aromatic rings. The maximum Gasteiger partial charge on any atom is 0.0375 e. The maximum absolute atomic E-state index is 4.22. The van der Waals surface area contributed by atoms with Gasteiger partial charge in [0.05, 0.1) is 0 Å². The van der Waals surface area contributed by atoms with Crippen LogP contribution in [0, 0.1) is 12.8 Å². The average Bonchev–Trinajstić information content (AvgIpc) is 2.19. The monoisotopic (exact) mass is 190 g/mol. The molecule has 0 saturated carbocycles. The van der Waals surface area contributed by atoms with E-state index in [2.05, 4.69) is 36.3 Å². The van der Waals surface area contributed by atoms with Crippen LogP contribution in [0.4, 0.5) is 0 Å². The fourth-order valence-electron chi connectivity index (χ4n) is 2.07. The molecule has 1 saturated heterocycles. The third kappa shape index (κ3) is 2.13. The Morgan fingerprint density at radius 3 is 2.93 bits per heavy atom. The van der Waals surface area contributed by atoms with Crippen molar-refractivity contribution in [1.82, 2.24) is 10.3 Å². The summed E-state index contributed by atoms with van der Waals surface area (Å²) >= 11 is 0. The number of aromatic nitrogens is 1. The first-order valence-electron chi connectivity index (χ1n) is 5.41. The molecule has 0 bridgehead atoms. The van der Waals surface area contributed by atoms with E-state index < -0.39 is 0 Å². The van der Waals surface area contributed by atoms with Gasteiger partial charge in [0.25, 0.3) is 0 Å². The van der Waals surface area contributed by atoms with Crippen LogP contribution in [0.1, 0.15) is 37.1 Å². The Bertz CT molecular complexity index is 301. The minimum absolute atomic E-state index is 0.549. The molecule has 1 aromatic heterocycles. The maximum atomic E-state index is 4.22. The summed E-state index contributed by atoms with van der Waals surface area (Å²) in [5, 5.41) is 3.58. The Morgan fingerprint density at radius 2 is 2.29 bits per heavy atom. The van der Waals surface area contributed by atoms with Crippen LogP contribution < -0.4 is 5.32 Å². The van der Waals surface area contributed by atoms with Gasteiger partial charge in [-0.05, 0) is 49.9 Å². The summed E-state index contributed by atoms with van der Waals surface area (Å²) in [5.41, 5.74) is 2.51. The van der Waals surface area contributed by atoms with E-state index in [9.17, 15) is 0 Å². The van der Waals surface area contributed by atoms with Crippen molar-refractivity contribution in [2.24, 2.45) is 5.92 Å². The predicted octanol–water partition coefficient (Wildman–Crippen LogP) is 2.45. The molecule has 14 heavy (non-hydrogen) atoms. The van der Waals surface area contributed by atoms with Gasteiger partial charge in [0, 0.05) is 17.9 Å². The van der Waals surface area contributed by atoms with Crippen LogP contribution in [0.15, 0.2) is 18.3 Å². The summed E-state index contributed by atoms with van der Waals surface area (Å²) in [5.74, 6) is 0.828. The number of rotatable bonds is 1. The number of piperidine rings is 1. The summed E-state index contributed by atoms with van der Waals surface area (Å²) in [4.78, 5) is 4.22. The van der Waals surface area contributed by atoms with Crippen molar-refractivity contribution in [2.75, 3.05) is 6.54 Å². The van der Waals surface area contributed by atoms with Crippen molar-refractivity contribution in [2.45, 2.75) is 32.7 Å². The Hall–Kier alpha value is -0.890. The predicted molar refractivity (Wildman–Crippen MR) is 58.1 cm³/mol. The molecule has 1 N–H and O–H groups in total. The smallest absolute Gasteiger partial charge is 0.0375 e. The molecule has 0 spiro atoms. The molecular weight excluding hydrogens is 172 g/mol. The van der Waals surface area contributed by atoms with Crippen molar-refractivity contribution in [1.29, 1.82) is 0 Å². The van der Waals surface area contributed by atoms with Crippen molar-refractivity contribution < 1.29 is 0 Å². The van der Waals surface area contributed by atoms with Crippen molar-refractivity contribution >= 4 is 0 Å². The van der Waals surface area contributed by atoms with Crippen LogP contribution in [0.5, 0.6) is 0 Å². The molecule has 2 heteroatoms. The fourth-order valence-corrected chi connectivity index (χ4v) is 2.07. The van der Waals surface area contributed by atoms with Gasteiger partial charge in [-0.1, -0.05) is 6.92 Å². The van der Waals surface area contributed by atoms with Gasteiger partial charge in [0.1, 0.15) is 0 Å². The van der Waals surface area contributed by atoms with Crippen molar-refractivity contribution in [3.8, 4) is 0 Å². The number of hydrogen-bond acceptors (Lipinski definition) is 2. The van der Waals surface area contributed by atoms with E-state index in [1.54, 1.807) is 0 Å². The van der Waals surface area contributed by atoms with Gasteiger partial charge < -0.3 is 5.32 Å². The number of aryl methyl sites for hydroxylation is 1. The minimum atomic E-state index is 0.549. The van der Waals surface area contributed by atoms with Crippen LogP contribution >= 0.6 is 0 Å². The lowest BCUT2D eigenvalue weighted by atomic mass is 9.92. The van der Waals surface area contributed by atoms with Crippen LogP contribution in [-0.4, -0.2) is 11.5 Å². The van der Waals surface area contributed by atoms with E-state index in [1.807, 2.05) is 6.20 Å². The first kappa shape index (κ1) is 9.66. The highest BCUT2D eigenvalue weighted by Crippen LogP contribution is 2.25. The van der Waals surface area contributed by atoms with Gasteiger partial charge in [-0.15, -0.1) is 0 Å². The molecule has 2 atom stereocenters. The first-order valence-corrected chi connectivity index (χ1v) is 5.41. The summed E-state index contributed by atoms with van der Waals surface area (Å²) < 4.78 is 0. The van der Waals surface area contributed by atoms with Crippen molar-refractivity contribution in [3.63, 3.8) is 0 Å². The Morgan fingerprint density at radius 1 is 1.43 bits per heavy atom. The molecule has 2 heterocycles. The zero-order valence-electron chi connectivity index (χ0n) is 8.96. The van der Waals surface area contributed by atoms with Crippen molar-refractivity contribution in [3.05, 3.63) is 29.6 Å². The molecule has 76 valence electrons. The van der Waals surface area contributed by atoms with E-state index in [4.69, 9.17) is 0 Å². The molecule has 1 fully saturated rings. The lowest BCUT2D eigenvalue weighted by molar-refractivity contribution is 0.333. The second-order valence-electron chi connectivity index (χ2n) is 4.37. The van der Waals surface area contributed by atoms with Gasteiger partial charge in [0.2, 0.25) is 0 Å². The highest BCUT2D eigenvalue weighted by Gasteiger charge is 2.18. The standard InChI is InChI=1S/C12H18N2/c1-9-3-4-12(14-8-9)11-5-6-13-10(2)7-11/h5-7,9,12,14H,3-4,8H2,1-2H3/t9-,12+/m0/s1. The Kier molecular flexibility index (Phi) is 2.82. The molecule has 1 aliphatic rings. The van der Waals surface area contributed by atoms with E-state index in [-0.39, 0.29) is 0 Å². The third-order valence-electron chi connectivity index (χ3n) is 2.98. The molecule has 2 rings (SSSR count). The van der Waals surface area contributed by atoms with Crippen LogP contribution in [0.25, 0.3) is 0 Å². The number of nitrogens with one attached hydrogen (secondary N) is 1. The van der Waals surface area contributed by atoms with Crippen LogP contribution in [0.3, 0.4) is 0 Å². The SMILES string of the molecule is Cc1cc([C@H]2CC[C@H](C)CN2)ccn1.